The van der Waals surface area contributed by atoms with Crippen LogP contribution >= 0.6 is 0 Å². The van der Waals surface area contributed by atoms with Gasteiger partial charge in [-0.1, -0.05) is 0 Å². The van der Waals surface area contributed by atoms with Crippen LogP contribution in [0.2, 0.25) is 0 Å². The molecule has 35 heavy (non-hydrogen) atoms. The Bertz CT molecular complexity index is 1020. The third-order valence-corrected chi connectivity index (χ3v) is 5.78. The fourth-order valence-electron chi connectivity index (χ4n) is 3.86. The second kappa shape index (κ2) is 11.7. The van der Waals surface area contributed by atoms with Gasteiger partial charge in [0.2, 0.25) is 5.91 Å². The Hall–Kier alpha value is -3.62. The van der Waals surface area contributed by atoms with E-state index in [2.05, 4.69) is 15.5 Å². The van der Waals surface area contributed by atoms with E-state index in [1.54, 1.807) is 0 Å². The van der Waals surface area contributed by atoms with Gasteiger partial charge in [0.05, 0.1) is 0 Å². The van der Waals surface area contributed by atoms with E-state index < -0.39 is 5.82 Å². The number of piperazine rings is 1. The van der Waals surface area contributed by atoms with Crippen molar-refractivity contribution in [3.05, 3.63) is 59.9 Å². The number of halogens is 1. The van der Waals surface area contributed by atoms with Gasteiger partial charge in [-0.05, 0) is 76.2 Å². The number of rotatable bonds is 7. The molecule has 1 heterocycles. The molecule has 2 aromatic rings. The number of amides is 4. The molecule has 188 valence electrons. The van der Waals surface area contributed by atoms with Gasteiger partial charge in [-0.15, -0.1) is 0 Å². The lowest BCUT2D eigenvalue weighted by Gasteiger charge is -2.36. The van der Waals surface area contributed by atoms with E-state index in [-0.39, 0.29) is 36.5 Å². The van der Waals surface area contributed by atoms with Gasteiger partial charge in [0, 0.05) is 55.2 Å². The maximum absolute atomic E-state index is 13.2. The molecule has 9 heteroatoms. The van der Waals surface area contributed by atoms with Crippen molar-refractivity contribution in [3.63, 3.8) is 0 Å². The van der Waals surface area contributed by atoms with Crippen LogP contribution < -0.4 is 15.5 Å². The van der Waals surface area contributed by atoms with Crippen LogP contribution in [0.3, 0.4) is 0 Å². The third-order valence-electron chi connectivity index (χ3n) is 5.78. The van der Waals surface area contributed by atoms with Crippen LogP contribution in [0, 0.1) is 5.82 Å². The largest absolute Gasteiger partial charge is 0.368 e. The summed E-state index contributed by atoms with van der Waals surface area (Å²) >= 11 is 0. The molecule has 0 spiro atoms. The number of nitrogens with one attached hydrogen (secondary N) is 2. The predicted octanol–water partition coefficient (Wildman–Crippen LogP) is 3.56. The molecule has 0 radical (unpaired) electrons. The molecular formula is C26H34FN5O3. The van der Waals surface area contributed by atoms with Crippen LogP contribution in [-0.4, -0.2) is 72.5 Å². The first-order chi connectivity index (χ1) is 16.6. The molecule has 0 aromatic heterocycles. The quantitative estimate of drug-likeness (QED) is 0.631. The zero-order valence-corrected chi connectivity index (χ0v) is 20.8. The molecule has 0 bridgehead atoms. The number of carbonyl (C=O) groups is 3. The maximum atomic E-state index is 13.2. The van der Waals surface area contributed by atoms with Gasteiger partial charge in [0.15, 0.2) is 0 Å². The molecule has 2 aromatic carbocycles. The first-order valence-corrected chi connectivity index (χ1v) is 11.9. The summed E-state index contributed by atoms with van der Waals surface area (Å²) in [5.74, 6) is -1.06. The van der Waals surface area contributed by atoms with Gasteiger partial charge < -0.3 is 25.3 Å². The van der Waals surface area contributed by atoms with Crippen LogP contribution in [0.1, 0.15) is 38.1 Å². The summed E-state index contributed by atoms with van der Waals surface area (Å²) in [6, 6.07) is 12.7. The monoisotopic (exact) mass is 483 g/mol. The van der Waals surface area contributed by atoms with Crippen LogP contribution in [0.15, 0.2) is 48.5 Å². The molecule has 1 aliphatic rings. The lowest BCUT2D eigenvalue weighted by Crippen LogP contribution is -2.52. The van der Waals surface area contributed by atoms with Crippen LogP contribution in [-0.2, 0) is 4.79 Å². The van der Waals surface area contributed by atoms with Crippen LogP contribution in [0.5, 0.6) is 0 Å². The molecule has 0 atom stereocenters. The van der Waals surface area contributed by atoms with E-state index >= 15 is 0 Å². The summed E-state index contributed by atoms with van der Waals surface area (Å²) in [5, 5.41) is 5.76. The van der Waals surface area contributed by atoms with Crippen molar-refractivity contribution in [1.82, 2.24) is 15.1 Å². The average molecular weight is 484 g/mol. The number of urea groups is 1. The van der Waals surface area contributed by atoms with E-state index in [0.29, 0.717) is 24.3 Å². The minimum atomic E-state index is -0.419. The maximum Gasteiger partial charge on any atom is 0.317 e. The lowest BCUT2D eigenvalue weighted by molar-refractivity contribution is -0.117. The van der Waals surface area contributed by atoms with Crippen molar-refractivity contribution in [2.24, 2.45) is 0 Å². The zero-order chi connectivity index (χ0) is 25.5. The van der Waals surface area contributed by atoms with E-state index in [1.807, 2.05) is 56.9 Å². The van der Waals surface area contributed by atoms with Crippen LogP contribution in [0.4, 0.5) is 20.6 Å². The Labute approximate surface area is 206 Å². The van der Waals surface area contributed by atoms with Crippen molar-refractivity contribution >= 4 is 29.2 Å². The van der Waals surface area contributed by atoms with Crippen LogP contribution in [0.25, 0.3) is 0 Å². The highest BCUT2D eigenvalue weighted by Gasteiger charge is 2.23. The van der Waals surface area contributed by atoms with Crippen molar-refractivity contribution in [2.75, 3.05) is 42.9 Å². The highest BCUT2D eigenvalue weighted by atomic mass is 19.1. The highest BCUT2D eigenvalue weighted by molar-refractivity contribution is 5.99. The SMILES string of the molecule is CC(C)NC(=O)N1CCN(c2ccc(NC(=O)CN(C(=O)c3ccc(F)cc3)C(C)C)cc2)CC1. The molecule has 0 saturated carbocycles. The molecule has 4 amide bonds. The second-order valence-corrected chi connectivity index (χ2v) is 9.21. The van der Waals surface area contributed by atoms with Gasteiger partial charge in [0.1, 0.15) is 12.4 Å². The average Bonchev–Trinajstić information content (AvgIpc) is 2.82. The third kappa shape index (κ3) is 7.18. The fourth-order valence-corrected chi connectivity index (χ4v) is 3.86. The molecule has 1 saturated heterocycles. The lowest BCUT2D eigenvalue weighted by atomic mass is 10.1. The highest BCUT2D eigenvalue weighted by Crippen LogP contribution is 2.20. The Morgan fingerprint density at radius 3 is 2.06 bits per heavy atom. The van der Waals surface area contributed by atoms with Crippen molar-refractivity contribution < 1.29 is 18.8 Å². The summed E-state index contributed by atoms with van der Waals surface area (Å²) in [4.78, 5) is 43.1. The van der Waals surface area contributed by atoms with E-state index in [0.717, 1.165) is 18.8 Å². The molecular weight excluding hydrogens is 449 g/mol. The Balaban J connectivity index is 1.54. The topological polar surface area (TPSA) is 85.0 Å². The van der Waals surface area contributed by atoms with Crippen molar-refractivity contribution in [3.8, 4) is 0 Å². The standard InChI is InChI=1S/C26H34FN5O3/c1-18(2)28-26(35)31-15-13-30(14-16-31)23-11-9-22(10-12-23)29-24(33)17-32(19(3)4)25(34)20-5-7-21(27)8-6-20/h5-12,18-19H,13-17H2,1-4H3,(H,28,35)(H,29,33). The number of nitrogens with zero attached hydrogens (tertiary/aromatic N) is 3. The summed E-state index contributed by atoms with van der Waals surface area (Å²) in [5.41, 5.74) is 1.98. The summed E-state index contributed by atoms with van der Waals surface area (Å²) < 4.78 is 13.2. The normalized spacial score (nSPS) is 13.7. The van der Waals surface area contributed by atoms with E-state index in [9.17, 15) is 18.8 Å². The van der Waals surface area contributed by atoms with E-state index in [4.69, 9.17) is 0 Å². The van der Waals surface area contributed by atoms with Crippen molar-refractivity contribution in [2.45, 2.75) is 39.8 Å². The molecule has 1 aliphatic heterocycles. The molecule has 2 N–H and O–H groups in total. The van der Waals surface area contributed by atoms with Gasteiger partial charge in [-0.2, -0.15) is 0 Å². The molecule has 3 rings (SSSR count). The molecule has 0 unspecified atom stereocenters. The summed E-state index contributed by atoms with van der Waals surface area (Å²) in [6.07, 6.45) is 0. The van der Waals surface area contributed by atoms with Gasteiger partial charge in [-0.3, -0.25) is 9.59 Å². The smallest absolute Gasteiger partial charge is 0.317 e. The Kier molecular flexibility index (Phi) is 8.68. The Morgan fingerprint density at radius 2 is 1.51 bits per heavy atom. The second-order valence-electron chi connectivity index (χ2n) is 9.21. The number of hydrogen-bond acceptors (Lipinski definition) is 4. The summed E-state index contributed by atoms with van der Waals surface area (Å²) in [6.45, 7) is 10.2. The Morgan fingerprint density at radius 1 is 0.914 bits per heavy atom. The predicted molar refractivity (Wildman–Crippen MR) is 135 cm³/mol. The fraction of sp³-hybridized carbons (Fsp3) is 0.423. The molecule has 1 fully saturated rings. The van der Waals surface area contributed by atoms with E-state index in [1.165, 1.54) is 29.2 Å². The van der Waals surface area contributed by atoms with Gasteiger partial charge >= 0.3 is 6.03 Å². The number of carbonyl (C=O) groups excluding carboxylic acids is 3. The first kappa shape index (κ1) is 26.0. The van der Waals surface area contributed by atoms with Gasteiger partial charge in [0.25, 0.3) is 5.91 Å². The number of anilines is 2. The summed E-state index contributed by atoms with van der Waals surface area (Å²) in [7, 11) is 0. The zero-order valence-electron chi connectivity index (χ0n) is 20.8. The minimum Gasteiger partial charge on any atom is -0.368 e. The number of benzene rings is 2. The van der Waals surface area contributed by atoms with Crippen molar-refractivity contribution in [1.29, 1.82) is 0 Å². The minimum absolute atomic E-state index is 0.0361. The number of hydrogen-bond donors (Lipinski definition) is 2. The molecule has 0 aliphatic carbocycles. The first-order valence-electron chi connectivity index (χ1n) is 11.9. The molecule has 8 nitrogen and oxygen atoms in total. The van der Waals surface area contributed by atoms with Gasteiger partial charge in [-0.25, -0.2) is 9.18 Å².